The predicted octanol–water partition coefficient (Wildman–Crippen LogP) is 9.97. The Morgan fingerprint density at radius 3 is 1.90 bits per heavy atom. The highest BCUT2D eigenvalue weighted by Crippen LogP contribution is 2.38. The lowest BCUT2D eigenvalue weighted by atomic mass is 9.94. The number of nitrogens with zero attached hydrogens (tertiary/aromatic N) is 2. The first-order valence-electron chi connectivity index (χ1n) is 14.2. The van der Waals surface area contributed by atoms with Gasteiger partial charge < -0.3 is 9.97 Å². The summed E-state index contributed by atoms with van der Waals surface area (Å²) in [5.74, 6) is 2.78. The Kier molecular flexibility index (Phi) is 4.87. The van der Waals surface area contributed by atoms with E-state index in [1.165, 1.54) is 54.2 Å². The molecule has 4 heteroatoms. The van der Waals surface area contributed by atoms with Gasteiger partial charge in [0, 0.05) is 28.0 Å². The van der Waals surface area contributed by atoms with Crippen LogP contribution < -0.4 is 0 Å². The number of rotatable bonds is 3. The molecule has 6 aromatic carbocycles. The molecule has 0 fully saturated rings. The largest absolute Gasteiger partial charge is 0.342 e. The standard InChI is InChI=1S/C36H30N4/c1-19(2)35-37-31-16-15-26-24-12-9-21(17-23(24)11-14-28(26)32(31)38-35)22-10-13-29-30(18-22)25-7-5-6-8-27(25)33-34(29)40-36(39-33)20(3)4/h5-20H,1-4H3,(H,37,38)(H,39,40). The fraction of sp³-hybridized carbons (Fsp3) is 0.167. The molecule has 2 heterocycles. The minimum absolute atomic E-state index is 0.343. The van der Waals surface area contributed by atoms with E-state index < -0.39 is 0 Å². The number of fused-ring (bicyclic) bond motifs is 11. The molecule has 2 aromatic heterocycles. The van der Waals surface area contributed by atoms with Crippen molar-refractivity contribution < 1.29 is 0 Å². The monoisotopic (exact) mass is 518 g/mol. The first kappa shape index (κ1) is 23.2. The van der Waals surface area contributed by atoms with Crippen LogP contribution in [0, 0.1) is 0 Å². The Labute approximate surface area is 232 Å². The molecule has 4 nitrogen and oxygen atoms in total. The summed E-state index contributed by atoms with van der Waals surface area (Å²) < 4.78 is 0. The molecule has 0 saturated heterocycles. The normalized spacial score (nSPS) is 12.4. The zero-order valence-electron chi connectivity index (χ0n) is 23.1. The SMILES string of the molecule is CC(C)c1nc2c(ccc3c4ccc(-c5ccc6c(c5)c5ccccc5c5nc(C(C)C)[nH]c65)cc4ccc32)[nH]1. The van der Waals surface area contributed by atoms with Crippen molar-refractivity contribution in [1.29, 1.82) is 0 Å². The average molecular weight is 519 g/mol. The number of benzene rings is 6. The number of nitrogens with one attached hydrogen (secondary N) is 2. The van der Waals surface area contributed by atoms with Gasteiger partial charge in [0.05, 0.1) is 22.1 Å². The molecule has 0 radical (unpaired) electrons. The van der Waals surface area contributed by atoms with Gasteiger partial charge in [0.1, 0.15) is 11.6 Å². The summed E-state index contributed by atoms with van der Waals surface area (Å²) >= 11 is 0. The maximum atomic E-state index is 5.00. The van der Waals surface area contributed by atoms with Crippen molar-refractivity contribution in [3.63, 3.8) is 0 Å². The number of aromatic amines is 2. The zero-order valence-corrected chi connectivity index (χ0v) is 23.1. The molecule has 40 heavy (non-hydrogen) atoms. The summed E-state index contributed by atoms with van der Waals surface area (Å²) in [5, 5.41) is 9.83. The van der Waals surface area contributed by atoms with E-state index in [1.54, 1.807) is 0 Å². The minimum Gasteiger partial charge on any atom is -0.342 e. The van der Waals surface area contributed by atoms with Gasteiger partial charge >= 0.3 is 0 Å². The summed E-state index contributed by atoms with van der Waals surface area (Å²) in [6.45, 7) is 8.72. The summed E-state index contributed by atoms with van der Waals surface area (Å²) in [6.07, 6.45) is 0. The van der Waals surface area contributed by atoms with E-state index in [2.05, 4.69) is 123 Å². The number of aromatic nitrogens is 4. The van der Waals surface area contributed by atoms with Crippen LogP contribution in [0.1, 0.15) is 51.2 Å². The second-order valence-electron chi connectivity index (χ2n) is 11.6. The van der Waals surface area contributed by atoms with Gasteiger partial charge in [-0.3, -0.25) is 0 Å². The highest BCUT2D eigenvalue weighted by Gasteiger charge is 2.16. The van der Waals surface area contributed by atoms with E-state index in [0.29, 0.717) is 11.8 Å². The van der Waals surface area contributed by atoms with Gasteiger partial charge in [0.25, 0.3) is 0 Å². The summed E-state index contributed by atoms with van der Waals surface area (Å²) in [5.41, 5.74) is 6.77. The molecule has 2 N–H and O–H groups in total. The van der Waals surface area contributed by atoms with Crippen LogP contribution in [-0.2, 0) is 0 Å². The molecule has 8 aromatic rings. The average Bonchev–Trinajstić information content (AvgIpc) is 3.63. The van der Waals surface area contributed by atoms with Crippen molar-refractivity contribution in [2.45, 2.75) is 39.5 Å². The van der Waals surface area contributed by atoms with Gasteiger partial charge in [-0.2, -0.15) is 0 Å². The van der Waals surface area contributed by atoms with Crippen molar-refractivity contribution in [2.24, 2.45) is 0 Å². The van der Waals surface area contributed by atoms with Crippen LogP contribution in [0.4, 0.5) is 0 Å². The predicted molar refractivity (Wildman–Crippen MR) is 169 cm³/mol. The van der Waals surface area contributed by atoms with E-state index >= 15 is 0 Å². The van der Waals surface area contributed by atoms with Crippen LogP contribution >= 0.6 is 0 Å². The lowest BCUT2D eigenvalue weighted by Crippen LogP contribution is -1.88. The van der Waals surface area contributed by atoms with Gasteiger partial charge in [-0.05, 0) is 56.3 Å². The molecule has 0 saturated carbocycles. The second kappa shape index (κ2) is 8.40. The van der Waals surface area contributed by atoms with Crippen molar-refractivity contribution in [2.75, 3.05) is 0 Å². The number of imidazole rings is 2. The van der Waals surface area contributed by atoms with E-state index in [1.807, 2.05) is 0 Å². The second-order valence-corrected chi connectivity index (χ2v) is 11.6. The van der Waals surface area contributed by atoms with Gasteiger partial charge in [0.2, 0.25) is 0 Å². The Morgan fingerprint density at radius 1 is 0.500 bits per heavy atom. The quantitative estimate of drug-likeness (QED) is 0.229. The van der Waals surface area contributed by atoms with Crippen LogP contribution in [0.3, 0.4) is 0 Å². The topological polar surface area (TPSA) is 57.4 Å². The molecular weight excluding hydrogens is 488 g/mol. The third kappa shape index (κ3) is 3.32. The van der Waals surface area contributed by atoms with Gasteiger partial charge in [-0.25, -0.2) is 9.97 Å². The van der Waals surface area contributed by atoms with Crippen molar-refractivity contribution >= 4 is 65.2 Å². The molecule has 0 atom stereocenters. The molecular formula is C36H30N4. The first-order chi connectivity index (χ1) is 19.5. The van der Waals surface area contributed by atoms with Crippen molar-refractivity contribution in [3.05, 3.63) is 96.6 Å². The zero-order chi connectivity index (χ0) is 27.1. The number of hydrogen-bond donors (Lipinski definition) is 2. The Bertz CT molecular complexity index is 2280. The molecule has 0 aliphatic rings. The number of hydrogen-bond acceptors (Lipinski definition) is 2. The van der Waals surface area contributed by atoms with E-state index in [4.69, 9.17) is 9.97 Å². The molecule has 0 spiro atoms. The van der Waals surface area contributed by atoms with Crippen molar-refractivity contribution in [1.82, 2.24) is 19.9 Å². The minimum atomic E-state index is 0.343. The van der Waals surface area contributed by atoms with Gasteiger partial charge in [-0.15, -0.1) is 0 Å². The maximum Gasteiger partial charge on any atom is 0.109 e. The summed E-state index contributed by atoms with van der Waals surface area (Å²) in [6, 6.07) is 31.2. The third-order valence-corrected chi connectivity index (χ3v) is 8.39. The van der Waals surface area contributed by atoms with Crippen LogP contribution in [0.15, 0.2) is 84.9 Å². The van der Waals surface area contributed by atoms with Gasteiger partial charge in [-0.1, -0.05) is 94.4 Å². The number of H-pyrrole nitrogens is 2. The molecule has 0 aliphatic heterocycles. The third-order valence-electron chi connectivity index (χ3n) is 8.39. The smallest absolute Gasteiger partial charge is 0.109 e. The summed E-state index contributed by atoms with van der Waals surface area (Å²) in [4.78, 5) is 17.1. The van der Waals surface area contributed by atoms with E-state index in [9.17, 15) is 0 Å². The molecule has 194 valence electrons. The molecule has 0 unspecified atom stereocenters. The Hall–Kier alpha value is -4.70. The highest BCUT2D eigenvalue weighted by atomic mass is 14.9. The molecule has 0 aliphatic carbocycles. The van der Waals surface area contributed by atoms with E-state index in [-0.39, 0.29) is 0 Å². The summed E-state index contributed by atoms with van der Waals surface area (Å²) in [7, 11) is 0. The Morgan fingerprint density at radius 2 is 1.10 bits per heavy atom. The fourth-order valence-electron chi connectivity index (χ4n) is 6.24. The fourth-order valence-corrected chi connectivity index (χ4v) is 6.24. The van der Waals surface area contributed by atoms with Crippen LogP contribution in [0.25, 0.3) is 76.3 Å². The van der Waals surface area contributed by atoms with Crippen LogP contribution in [0.2, 0.25) is 0 Å². The lowest BCUT2D eigenvalue weighted by molar-refractivity contribution is 0.799. The van der Waals surface area contributed by atoms with Crippen LogP contribution in [0.5, 0.6) is 0 Å². The van der Waals surface area contributed by atoms with E-state index in [0.717, 1.165) is 33.7 Å². The molecule has 8 rings (SSSR count). The lowest BCUT2D eigenvalue weighted by Gasteiger charge is -2.11. The highest BCUT2D eigenvalue weighted by molar-refractivity contribution is 6.24. The van der Waals surface area contributed by atoms with Gasteiger partial charge in [0.15, 0.2) is 0 Å². The Balaban J connectivity index is 1.32. The molecule has 0 amide bonds. The van der Waals surface area contributed by atoms with Crippen LogP contribution in [-0.4, -0.2) is 19.9 Å². The maximum absolute atomic E-state index is 5.00. The van der Waals surface area contributed by atoms with Crippen molar-refractivity contribution in [3.8, 4) is 11.1 Å². The molecule has 0 bridgehead atoms. The first-order valence-corrected chi connectivity index (χ1v) is 14.2.